The molecule has 0 radical (unpaired) electrons. The molecule has 8 nitrogen and oxygen atoms in total. The lowest BCUT2D eigenvalue weighted by Crippen LogP contribution is -2.46. The number of alkyl carbamates (subject to hydrolysis) is 1. The van der Waals surface area contributed by atoms with Crippen LogP contribution < -0.4 is 10.2 Å². The van der Waals surface area contributed by atoms with Gasteiger partial charge < -0.3 is 24.3 Å². The monoisotopic (exact) mass is 537 g/mol. The second kappa shape index (κ2) is 11.2. The van der Waals surface area contributed by atoms with Gasteiger partial charge in [0.15, 0.2) is 0 Å². The van der Waals surface area contributed by atoms with Crippen LogP contribution in [0, 0.1) is 12.7 Å². The van der Waals surface area contributed by atoms with Crippen LogP contribution in [0.5, 0.6) is 0 Å². The van der Waals surface area contributed by atoms with Crippen LogP contribution in [0.4, 0.5) is 14.9 Å². The highest BCUT2D eigenvalue weighted by Crippen LogP contribution is 2.34. The van der Waals surface area contributed by atoms with Crippen molar-refractivity contribution in [3.05, 3.63) is 53.9 Å². The number of hydrogen-bond donors (Lipinski definition) is 1. The Hall–Kier alpha value is -3.62. The van der Waals surface area contributed by atoms with Crippen LogP contribution >= 0.6 is 0 Å². The van der Waals surface area contributed by atoms with E-state index in [9.17, 15) is 14.0 Å². The lowest BCUT2D eigenvalue weighted by atomic mass is 9.97. The molecule has 1 saturated heterocycles. The molecule has 0 bridgehead atoms. The summed E-state index contributed by atoms with van der Waals surface area (Å²) in [5, 5.41) is 2.99. The normalized spacial score (nSPS) is 14.6. The molecule has 0 aliphatic carbocycles. The molecule has 0 unspecified atom stereocenters. The van der Waals surface area contributed by atoms with Crippen molar-refractivity contribution in [2.24, 2.45) is 0 Å². The first-order chi connectivity index (χ1) is 18.4. The Labute approximate surface area is 230 Å². The quantitative estimate of drug-likeness (QED) is 0.429. The average Bonchev–Trinajstić information content (AvgIpc) is 3.23. The van der Waals surface area contributed by atoms with Crippen LogP contribution in [0.25, 0.3) is 16.6 Å². The number of carbonyl (C=O) groups excluding carboxylic acids is 2. The number of nitrogens with one attached hydrogen (secondary N) is 1. The molecule has 3 heterocycles. The molecule has 0 saturated carbocycles. The predicted octanol–water partition coefficient (Wildman–Crippen LogP) is 5.81. The fourth-order valence-electron chi connectivity index (χ4n) is 5.18. The van der Waals surface area contributed by atoms with Crippen LogP contribution in [-0.2, 0) is 4.74 Å². The number of benzene rings is 1. The SMILES string of the molecule is CCN(C(=O)c1cc(F)ccc1-c1cc(N2CCC(NC(=O)OC(C)(C)C)CC2)cn2c(C)ncc12)C(C)C. The Balaban J connectivity index is 1.67. The molecule has 1 N–H and O–H groups in total. The number of hydrogen-bond acceptors (Lipinski definition) is 5. The van der Waals surface area contributed by atoms with Crippen molar-refractivity contribution in [2.75, 3.05) is 24.5 Å². The number of fused-ring (bicyclic) bond motifs is 1. The fraction of sp³-hybridized carbons (Fsp3) is 0.500. The first kappa shape index (κ1) is 28.4. The van der Waals surface area contributed by atoms with Gasteiger partial charge in [-0.05, 0) is 85.1 Å². The number of anilines is 1. The number of ether oxygens (including phenoxy) is 1. The molecule has 1 aromatic carbocycles. The molecule has 2 aromatic heterocycles. The van der Waals surface area contributed by atoms with Gasteiger partial charge in [0.2, 0.25) is 0 Å². The molecule has 0 atom stereocenters. The summed E-state index contributed by atoms with van der Waals surface area (Å²) in [4.78, 5) is 34.4. The van der Waals surface area contributed by atoms with E-state index in [1.54, 1.807) is 17.2 Å². The van der Waals surface area contributed by atoms with Crippen molar-refractivity contribution in [1.29, 1.82) is 0 Å². The van der Waals surface area contributed by atoms with Gasteiger partial charge in [0.25, 0.3) is 5.91 Å². The maximum absolute atomic E-state index is 14.5. The minimum absolute atomic E-state index is 0.0160. The number of nitrogens with zero attached hydrogens (tertiary/aromatic N) is 4. The molecule has 2 amide bonds. The van der Waals surface area contributed by atoms with Crippen molar-refractivity contribution in [1.82, 2.24) is 19.6 Å². The van der Waals surface area contributed by atoms with E-state index in [0.717, 1.165) is 48.5 Å². The van der Waals surface area contributed by atoms with Crippen molar-refractivity contribution < 1.29 is 18.7 Å². The fourth-order valence-corrected chi connectivity index (χ4v) is 5.18. The molecule has 39 heavy (non-hydrogen) atoms. The highest BCUT2D eigenvalue weighted by Gasteiger charge is 2.26. The topological polar surface area (TPSA) is 79.2 Å². The van der Waals surface area contributed by atoms with Crippen molar-refractivity contribution in [3.63, 3.8) is 0 Å². The molecular formula is C30H40FN5O3. The Morgan fingerprint density at radius 2 is 1.87 bits per heavy atom. The molecule has 3 aromatic rings. The molecule has 4 rings (SSSR count). The van der Waals surface area contributed by atoms with E-state index < -0.39 is 17.5 Å². The predicted molar refractivity (Wildman–Crippen MR) is 152 cm³/mol. The highest BCUT2D eigenvalue weighted by atomic mass is 19.1. The minimum Gasteiger partial charge on any atom is -0.444 e. The Bertz CT molecular complexity index is 1350. The number of aromatic nitrogens is 2. The second-order valence-corrected chi connectivity index (χ2v) is 11.5. The number of aryl methyl sites for hydroxylation is 1. The lowest BCUT2D eigenvalue weighted by molar-refractivity contribution is 0.0496. The van der Waals surface area contributed by atoms with E-state index in [4.69, 9.17) is 4.74 Å². The van der Waals surface area contributed by atoms with Gasteiger partial charge >= 0.3 is 6.09 Å². The summed E-state index contributed by atoms with van der Waals surface area (Å²) < 4.78 is 21.9. The summed E-state index contributed by atoms with van der Waals surface area (Å²) in [5.74, 6) is 0.177. The summed E-state index contributed by atoms with van der Waals surface area (Å²) in [6.07, 6.45) is 5.00. The third-order valence-corrected chi connectivity index (χ3v) is 7.12. The molecule has 210 valence electrons. The number of pyridine rings is 1. The number of rotatable bonds is 6. The van der Waals surface area contributed by atoms with Gasteiger partial charge in [-0.2, -0.15) is 0 Å². The van der Waals surface area contributed by atoms with Crippen molar-refractivity contribution in [2.45, 2.75) is 79.0 Å². The molecule has 1 aliphatic heterocycles. The van der Waals surface area contributed by atoms with E-state index in [2.05, 4.69) is 27.5 Å². The first-order valence-corrected chi connectivity index (χ1v) is 13.7. The number of imidazole rings is 1. The van der Waals surface area contributed by atoms with E-state index in [1.807, 2.05) is 52.9 Å². The minimum atomic E-state index is -0.539. The van der Waals surface area contributed by atoms with Gasteiger partial charge in [0, 0.05) is 43.5 Å². The zero-order valence-corrected chi connectivity index (χ0v) is 24.0. The maximum Gasteiger partial charge on any atom is 0.407 e. The third-order valence-electron chi connectivity index (χ3n) is 7.12. The van der Waals surface area contributed by atoms with Crippen molar-refractivity contribution >= 4 is 23.2 Å². The number of carbonyl (C=O) groups is 2. The number of amides is 2. The molecular weight excluding hydrogens is 497 g/mol. The highest BCUT2D eigenvalue weighted by molar-refractivity contribution is 6.03. The van der Waals surface area contributed by atoms with Gasteiger partial charge in [0.1, 0.15) is 17.2 Å². The molecule has 1 aliphatic rings. The van der Waals surface area contributed by atoms with Crippen molar-refractivity contribution in [3.8, 4) is 11.1 Å². The lowest BCUT2D eigenvalue weighted by Gasteiger charge is -2.34. The summed E-state index contributed by atoms with van der Waals surface area (Å²) in [7, 11) is 0. The Morgan fingerprint density at radius 1 is 1.18 bits per heavy atom. The van der Waals surface area contributed by atoms with Crippen LogP contribution in [-0.4, -0.2) is 63.6 Å². The molecule has 0 spiro atoms. The smallest absolute Gasteiger partial charge is 0.407 e. The third kappa shape index (κ3) is 6.34. The largest absolute Gasteiger partial charge is 0.444 e. The number of piperidine rings is 1. The van der Waals surface area contributed by atoms with Crippen LogP contribution in [0.1, 0.15) is 70.6 Å². The van der Waals surface area contributed by atoms with E-state index in [-0.39, 0.29) is 18.0 Å². The summed E-state index contributed by atoms with van der Waals surface area (Å²) in [6, 6.07) is 6.51. The van der Waals surface area contributed by atoms with Gasteiger partial charge in [0.05, 0.1) is 23.0 Å². The van der Waals surface area contributed by atoms with Crippen LogP contribution in [0.2, 0.25) is 0 Å². The van der Waals surface area contributed by atoms with E-state index >= 15 is 0 Å². The van der Waals surface area contributed by atoms with Crippen LogP contribution in [0.15, 0.2) is 36.7 Å². The summed E-state index contributed by atoms with van der Waals surface area (Å²) in [5.41, 5.74) is 3.13. The van der Waals surface area contributed by atoms with Gasteiger partial charge in [-0.15, -0.1) is 0 Å². The maximum atomic E-state index is 14.5. The van der Waals surface area contributed by atoms with Gasteiger partial charge in [-0.25, -0.2) is 14.2 Å². The standard InChI is InChI=1S/C30H40FN5O3/c1-8-35(19(2)3)28(37)26-15-21(31)9-10-24(26)25-16-23(18-36-20(4)32-17-27(25)36)34-13-11-22(12-14-34)33-29(38)39-30(5,6)7/h9-10,15-19,22H,8,11-14H2,1-7H3,(H,33,38). The second-order valence-electron chi connectivity index (χ2n) is 11.5. The molecule has 9 heteroatoms. The number of halogens is 1. The Morgan fingerprint density at radius 3 is 2.49 bits per heavy atom. The average molecular weight is 538 g/mol. The van der Waals surface area contributed by atoms with Gasteiger partial charge in [-0.3, -0.25) is 4.79 Å². The zero-order valence-electron chi connectivity index (χ0n) is 24.0. The van der Waals surface area contributed by atoms with E-state index in [0.29, 0.717) is 17.7 Å². The zero-order chi connectivity index (χ0) is 28.5. The summed E-state index contributed by atoms with van der Waals surface area (Å²) in [6.45, 7) is 15.3. The molecule has 1 fully saturated rings. The first-order valence-electron chi connectivity index (χ1n) is 13.7. The Kier molecular flexibility index (Phi) is 8.18. The van der Waals surface area contributed by atoms with Gasteiger partial charge in [-0.1, -0.05) is 6.07 Å². The van der Waals surface area contributed by atoms with E-state index in [1.165, 1.54) is 12.1 Å². The summed E-state index contributed by atoms with van der Waals surface area (Å²) >= 11 is 0. The van der Waals surface area contributed by atoms with Crippen LogP contribution in [0.3, 0.4) is 0 Å².